The van der Waals surface area contributed by atoms with Crippen LogP contribution in [0.3, 0.4) is 0 Å². The van der Waals surface area contributed by atoms with E-state index in [4.69, 9.17) is 0 Å². The lowest BCUT2D eigenvalue weighted by molar-refractivity contribution is -0.388. The fraction of sp³-hybridized carbons (Fsp3) is 0.375. The number of nitrogens with zero attached hydrogens (tertiary/aromatic N) is 2. The van der Waals surface area contributed by atoms with Gasteiger partial charge < -0.3 is 14.6 Å². The third kappa shape index (κ3) is 4.78. The molecule has 0 aromatic heterocycles. The number of halogens is 5. The van der Waals surface area contributed by atoms with Crippen molar-refractivity contribution in [3.8, 4) is 5.75 Å². The highest BCUT2D eigenvalue weighted by Gasteiger charge is 2.38. The van der Waals surface area contributed by atoms with Crippen molar-refractivity contribution >= 4 is 23.6 Å². The second-order valence-corrected chi connectivity index (χ2v) is 5.62. The van der Waals surface area contributed by atoms with Gasteiger partial charge in [-0.05, 0) is 19.8 Å². The van der Waals surface area contributed by atoms with Gasteiger partial charge in [-0.15, -0.1) is 0 Å². The lowest BCUT2D eigenvalue weighted by Gasteiger charge is -2.13. The van der Waals surface area contributed by atoms with Gasteiger partial charge in [-0.2, -0.15) is 17.6 Å². The highest BCUT2D eigenvalue weighted by atomic mass is 19.3. The van der Waals surface area contributed by atoms with E-state index >= 15 is 0 Å². The lowest BCUT2D eigenvalue weighted by Crippen LogP contribution is -2.15. The van der Waals surface area contributed by atoms with Crippen LogP contribution in [-0.2, 0) is 9.53 Å². The normalized spacial score (nSPS) is 14.9. The van der Waals surface area contributed by atoms with E-state index in [1.54, 1.807) is 0 Å². The summed E-state index contributed by atoms with van der Waals surface area (Å²) in [6, 6.07) is -0.227. The Balaban J connectivity index is 2.82. The summed E-state index contributed by atoms with van der Waals surface area (Å²) in [6.45, 7) is -2.67. The monoisotopic (exact) mass is 424 g/mol. The van der Waals surface area contributed by atoms with Crippen LogP contribution >= 0.6 is 0 Å². The number of carbonyl (C=O) groups excluding carboxylic acids is 1. The third-order valence-corrected chi connectivity index (χ3v) is 3.59. The van der Waals surface area contributed by atoms with Gasteiger partial charge in [0.2, 0.25) is 17.4 Å². The molecule has 0 bridgehead atoms. The summed E-state index contributed by atoms with van der Waals surface area (Å²) >= 11 is 0. The van der Waals surface area contributed by atoms with Crippen LogP contribution in [0.2, 0.25) is 0 Å². The Kier molecular flexibility index (Phi) is 6.72. The van der Waals surface area contributed by atoms with Crippen molar-refractivity contribution in [1.29, 1.82) is 0 Å². The first-order chi connectivity index (χ1) is 13.6. The summed E-state index contributed by atoms with van der Waals surface area (Å²) in [5.74, 6) is -11.9. The maximum Gasteiger partial charge on any atom is 0.387 e. The van der Waals surface area contributed by atoms with Crippen LogP contribution in [0.5, 0.6) is 5.75 Å². The molecule has 0 saturated heterocycles. The average Bonchev–Trinajstić information content (AvgIpc) is 3.45. The number of nitro groups is 1. The van der Waals surface area contributed by atoms with Crippen LogP contribution in [0.1, 0.15) is 25.3 Å². The maximum absolute atomic E-state index is 14.6. The van der Waals surface area contributed by atoms with Gasteiger partial charge in [-0.3, -0.25) is 15.1 Å². The molecule has 0 radical (unpaired) electrons. The van der Waals surface area contributed by atoms with Crippen molar-refractivity contribution in [2.45, 2.75) is 32.4 Å². The number of aliphatic imine (C=N–C) groups is 1. The minimum atomic E-state index is -3.82. The van der Waals surface area contributed by atoms with Crippen molar-refractivity contribution in [1.82, 2.24) is 0 Å². The molecule has 29 heavy (non-hydrogen) atoms. The van der Waals surface area contributed by atoms with E-state index in [0.29, 0.717) is 12.8 Å². The number of rotatable bonds is 8. The second-order valence-electron chi connectivity index (χ2n) is 5.62. The van der Waals surface area contributed by atoms with Gasteiger partial charge in [0.15, 0.2) is 5.82 Å². The number of alkyl halides is 2. The van der Waals surface area contributed by atoms with Crippen molar-refractivity contribution in [3.05, 3.63) is 38.7 Å². The molecule has 8 nitrogen and oxygen atoms in total. The van der Waals surface area contributed by atoms with E-state index in [9.17, 15) is 42.0 Å². The van der Waals surface area contributed by atoms with E-state index in [1.807, 2.05) is 0 Å². The topological polar surface area (TPSA) is 111 Å². The number of hydrogen-bond acceptors (Lipinski definition) is 7. The molecule has 0 aliphatic heterocycles. The summed E-state index contributed by atoms with van der Waals surface area (Å²) in [6.07, 6.45) is 2.00. The van der Waals surface area contributed by atoms with Crippen LogP contribution in [0, 0.1) is 27.6 Å². The van der Waals surface area contributed by atoms with E-state index in [-0.39, 0.29) is 12.6 Å². The van der Waals surface area contributed by atoms with Gasteiger partial charge in [0, 0.05) is 6.21 Å². The number of nitro benzene ring substituents is 1. The van der Waals surface area contributed by atoms with Gasteiger partial charge in [0.25, 0.3) is 0 Å². The van der Waals surface area contributed by atoms with Crippen molar-refractivity contribution in [2.75, 3.05) is 6.61 Å². The summed E-state index contributed by atoms with van der Waals surface area (Å²) in [5.41, 5.74) is -4.52. The van der Waals surface area contributed by atoms with Gasteiger partial charge in [-0.1, -0.05) is 0 Å². The molecule has 0 spiro atoms. The number of benzene rings is 1. The molecule has 1 aromatic carbocycles. The molecule has 1 N–H and O–H groups in total. The molecule has 1 aromatic rings. The molecule has 13 heteroatoms. The van der Waals surface area contributed by atoms with E-state index < -0.39 is 63.3 Å². The average molecular weight is 424 g/mol. The number of esters is 1. The third-order valence-electron chi connectivity index (χ3n) is 3.59. The van der Waals surface area contributed by atoms with Crippen molar-refractivity contribution < 1.29 is 46.3 Å². The Labute approximate surface area is 159 Å². The summed E-state index contributed by atoms with van der Waals surface area (Å²) in [5, 5.41) is 21.4. The Morgan fingerprint density at radius 3 is 2.41 bits per heavy atom. The van der Waals surface area contributed by atoms with E-state index in [1.165, 1.54) is 6.92 Å². The minimum absolute atomic E-state index is 0.227. The van der Waals surface area contributed by atoms with Crippen LogP contribution in [0.15, 0.2) is 10.6 Å². The molecular formula is C16H13F5N2O6. The SMILES string of the molecule is CCOC(=O)C(C=NC1CC1)=C(O)c1c(F)c(OC(F)F)c(F)c(F)c1[N+](=O)[O-]. The molecular weight excluding hydrogens is 411 g/mol. The number of hydrogen-bond donors (Lipinski definition) is 1. The molecule has 0 atom stereocenters. The zero-order chi connectivity index (χ0) is 21.9. The Morgan fingerprint density at radius 2 is 1.93 bits per heavy atom. The summed E-state index contributed by atoms with van der Waals surface area (Å²) in [7, 11) is 0. The first-order valence-corrected chi connectivity index (χ1v) is 8.03. The largest absolute Gasteiger partial charge is 0.506 e. The first-order valence-electron chi connectivity index (χ1n) is 8.03. The quantitative estimate of drug-likeness (QED) is 0.0996. The van der Waals surface area contributed by atoms with Crippen LogP contribution in [-0.4, -0.2) is 41.5 Å². The van der Waals surface area contributed by atoms with Crippen LogP contribution in [0.4, 0.5) is 27.6 Å². The second kappa shape index (κ2) is 8.84. The zero-order valence-electron chi connectivity index (χ0n) is 14.6. The molecule has 2 rings (SSSR count). The minimum Gasteiger partial charge on any atom is -0.506 e. The molecule has 1 aliphatic rings. The number of ether oxygens (including phenoxy) is 2. The van der Waals surface area contributed by atoms with Gasteiger partial charge in [0.05, 0.1) is 17.6 Å². The summed E-state index contributed by atoms with van der Waals surface area (Å²) < 4.78 is 75.6. The van der Waals surface area contributed by atoms with E-state index in [2.05, 4.69) is 14.5 Å². The molecule has 1 aliphatic carbocycles. The molecule has 158 valence electrons. The Morgan fingerprint density at radius 1 is 1.31 bits per heavy atom. The number of carbonyl (C=O) groups is 1. The smallest absolute Gasteiger partial charge is 0.387 e. The molecule has 0 amide bonds. The standard InChI is InChI=1S/C16H13F5N2O6/c1-2-28-15(25)7(5-22-6-3-4-6)13(24)8-9(17)14(29-16(20)21)11(19)10(18)12(8)23(26)27/h5-6,16,24H,2-4H2,1H3. The lowest BCUT2D eigenvalue weighted by atomic mass is 10.0. The fourth-order valence-corrected chi connectivity index (χ4v) is 2.16. The zero-order valence-corrected chi connectivity index (χ0v) is 14.6. The molecule has 1 fully saturated rings. The van der Waals surface area contributed by atoms with E-state index in [0.717, 1.165) is 6.21 Å². The van der Waals surface area contributed by atoms with Crippen LogP contribution < -0.4 is 4.74 Å². The molecule has 0 unspecified atom stereocenters. The first kappa shape index (κ1) is 22.0. The fourth-order valence-electron chi connectivity index (χ4n) is 2.16. The Hall–Kier alpha value is -3.25. The summed E-state index contributed by atoms with van der Waals surface area (Å²) in [4.78, 5) is 25.4. The highest BCUT2D eigenvalue weighted by molar-refractivity contribution is 6.15. The highest BCUT2D eigenvalue weighted by Crippen LogP contribution is 2.40. The maximum atomic E-state index is 14.6. The van der Waals surface area contributed by atoms with Crippen LogP contribution in [0.25, 0.3) is 5.76 Å². The van der Waals surface area contributed by atoms with Crippen molar-refractivity contribution in [2.24, 2.45) is 4.99 Å². The Bertz CT molecular complexity index is 899. The predicted molar refractivity (Wildman–Crippen MR) is 87.3 cm³/mol. The molecule has 1 saturated carbocycles. The van der Waals surface area contributed by atoms with Gasteiger partial charge >= 0.3 is 18.3 Å². The van der Waals surface area contributed by atoms with Gasteiger partial charge in [0.1, 0.15) is 16.9 Å². The molecule has 0 heterocycles. The van der Waals surface area contributed by atoms with Gasteiger partial charge in [-0.25, -0.2) is 9.18 Å². The van der Waals surface area contributed by atoms with Crippen molar-refractivity contribution in [3.63, 3.8) is 0 Å². The number of aliphatic hydroxyl groups excluding tert-OH is 1. The number of aliphatic hydroxyl groups is 1. The predicted octanol–water partition coefficient (Wildman–Crippen LogP) is 3.68.